The third kappa shape index (κ3) is 2.11. The first-order chi connectivity index (χ1) is 6.40. The maximum atomic E-state index is 8.24. The molecule has 0 spiro atoms. The van der Waals surface area contributed by atoms with Crippen molar-refractivity contribution in [2.24, 2.45) is 5.28 Å². The van der Waals surface area contributed by atoms with Crippen LogP contribution < -0.4 is 0 Å². The van der Waals surface area contributed by atoms with Crippen LogP contribution in [0, 0.1) is 0 Å². The molecule has 0 aliphatic carbocycles. The van der Waals surface area contributed by atoms with E-state index in [1.807, 2.05) is 5.06 Å². The maximum Gasteiger partial charge on any atom is 0.132 e. The van der Waals surface area contributed by atoms with E-state index in [9.17, 15) is 0 Å². The molecule has 0 amide bonds. The highest BCUT2D eigenvalue weighted by Crippen LogP contribution is 2.38. The average molecular weight is 198 g/mol. The second-order valence-electron chi connectivity index (χ2n) is 5.03. The molecule has 0 aromatic carbocycles. The monoisotopic (exact) mass is 198 g/mol. The Morgan fingerprint density at radius 2 is 1.71 bits per heavy atom. The normalized spacial score (nSPS) is 25.1. The largest absolute Gasteiger partial charge is 0.333 e. The molecule has 0 aromatic heterocycles. The van der Waals surface area contributed by atoms with Gasteiger partial charge in [0.25, 0.3) is 0 Å². The quantitative estimate of drug-likeness (QED) is 0.296. The molecule has 5 nitrogen and oxygen atoms in total. The van der Waals surface area contributed by atoms with Crippen LogP contribution in [0.3, 0.4) is 0 Å². The van der Waals surface area contributed by atoms with E-state index in [-0.39, 0.29) is 11.1 Å². The van der Waals surface area contributed by atoms with Crippen molar-refractivity contribution in [2.45, 2.75) is 58.0 Å². The highest BCUT2D eigenvalue weighted by molar-refractivity contribution is 4.92. The first-order valence-corrected chi connectivity index (χ1v) is 4.92. The lowest BCUT2D eigenvalue weighted by atomic mass is 9.82. The van der Waals surface area contributed by atoms with Crippen LogP contribution in [0.2, 0.25) is 0 Å². The SMILES string of the molecule is CC1(C)CCCC(C)(C)N1ON=[N+]=[N-]. The molecule has 0 radical (unpaired) electrons. The lowest BCUT2D eigenvalue weighted by Gasteiger charge is -2.49. The Hall–Kier alpha value is -0.930. The minimum absolute atomic E-state index is 0.0735. The molecule has 1 aliphatic heterocycles. The van der Waals surface area contributed by atoms with Gasteiger partial charge < -0.3 is 4.94 Å². The molecule has 0 atom stereocenters. The van der Waals surface area contributed by atoms with Gasteiger partial charge in [0.1, 0.15) is 5.28 Å². The van der Waals surface area contributed by atoms with Crippen LogP contribution in [0.15, 0.2) is 5.28 Å². The molecule has 1 heterocycles. The zero-order chi connectivity index (χ0) is 10.8. The average Bonchev–Trinajstić information content (AvgIpc) is 2.01. The van der Waals surface area contributed by atoms with Gasteiger partial charge in [0.2, 0.25) is 0 Å². The van der Waals surface area contributed by atoms with Crippen molar-refractivity contribution in [1.82, 2.24) is 5.06 Å². The van der Waals surface area contributed by atoms with Crippen LogP contribution in [-0.4, -0.2) is 16.1 Å². The van der Waals surface area contributed by atoms with Crippen molar-refractivity contribution in [1.29, 1.82) is 0 Å². The molecule has 0 N–H and O–H groups in total. The Balaban J connectivity index is 2.85. The molecule has 5 heteroatoms. The van der Waals surface area contributed by atoms with E-state index in [4.69, 9.17) is 10.5 Å². The van der Waals surface area contributed by atoms with E-state index in [1.165, 1.54) is 6.42 Å². The maximum absolute atomic E-state index is 8.24. The van der Waals surface area contributed by atoms with Crippen LogP contribution in [0.4, 0.5) is 0 Å². The summed E-state index contributed by atoms with van der Waals surface area (Å²) >= 11 is 0. The second kappa shape index (κ2) is 3.67. The Bertz CT molecular complexity index is 240. The molecule has 0 unspecified atom stereocenters. The summed E-state index contributed by atoms with van der Waals surface area (Å²) in [5, 5.41) is 5.00. The number of hydrogen-bond donors (Lipinski definition) is 0. The highest BCUT2D eigenvalue weighted by atomic mass is 16.8. The lowest BCUT2D eigenvalue weighted by molar-refractivity contribution is -0.283. The highest BCUT2D eigenvalue weighted by Gasteiger charge is 2.43. The number of hydrogen-bond acceptors (Lipinski definition) is 3. The smallest absolute Gasteiger partial charge is 0.132 e. The molecule has 1 rings (SSSR count). The summed E-state index contributed by atoms with van der Waals surface area (Å²) in [7, 11) is 0. The van der Waals surface area contributed by atoms with E-state index in [2.05, 4.69) is 37.9 Å². The first kappa shape index (κ1) is 11.1. The number of azide groups is 1. The summed E-state index contributed by atoms with van der Waals surface area (Å²) in [5.41, 5.74) is 8.10. The van der Waals surface area contributed by atoms with Crippen molar-refractivity contribution < 1.29 is 4.94 Å². The molecule has 80 valence electrons. The summed E-state index contributed by atoms with van der Waals surface area (Å²) in [6.45, 7) is 8.39. The van der Waals surface area contributed by atoms with Crippen molar-refractivity contribution >= 4 is 0 Å². The molecule has 14 heavy (non-hydrogen) atoms. The van der Waals surface area contributed by atoms with Gasteiger partial charge >= 0.3 is 0 Å². The van der Waals surface area contributed by atoms with Gasteiger partial charge in [0, 0.05) is 4.91 Å². The van der Waals surface area contributed by atoms with Gasteiger partial charge in [-0.05, 0) is 52.5 Å². The van der Waals surface area contributed by atoms with Gasteiger partial charge in [0.15, 0.2) is 0 Å². The van der Waals surface area contributed by atoms with E-state index in [1.54, 1.807) is 0 Å². The molecule has 1 fully saturated rings. The van der Waals surface area contributed by atoms with E-state index >= 15 is 0 Å². The topological polar surface area (TPSA) is 61.2 Å². The zero-order valence-corrected chi connectivity index (χ0v) is 9.32. The fourth-order valence-electron chi connectivity index (χ4n) is 2.25. The summed E-state index contributed by atoms with van der Waals surface area (Å²) in [5.74, 6) is 0. The molecule has 0 aromatic rings. The molecule has 0 bridgehead atoms. The predicted octanol–water partition coefficient (Wildman–Crippen LogP) is 3.19. The Morgan fingerprint density at radius 3 is 2.14 bits per heavy atom. The van der Waals surface area contributed by atoms with Crippen LogP contribution in [0.5, 0.6) is 0 Å². The zero-order valence-electron chi connectivity index (χ0n) is 9.32. The number of rotatable bonds is 2. The van der Waals surface area contributed by atoms with Gasteiger partial charge in [-0.1, -0.05) is 0 Å². The number of hydroxylamine groups is 2. The molecule has 0 saturated carbocycles. The summed E-state index contributed by atoms with van der Waals surface area (Å²) in [6.07, 6.45) is 3.28. The number of nitrogens with zero attached hydrogens (tertiary/aromatic N) is 4. The van der Waals surface area contributed by atoms with Crippen LogP contribution in [-0.2, 0) is 4.94 Å². The molecular weight excluding hydrogens is 180 g/mol. The van der Waals surface area contributed by atoms with Crippen molar-refractivity contribution in [3.63, 3.8) is 0 Å². The third-order valence-electron chi connectivity index (χ3n) is 2.83. The second-order valence-corrected chi connectivity index (χ2v) is 5.03. The fraction of sp³-hybridized carbons (Fsp3) is 1.00. The lowest BCUT2D eigenvalue weighted by Crippen LogP contribution is -2.57. The standard InChI is InChI=1S/C9H18N4O/c1-8(2)6-5-7-9(3,4)13(8)14-12-11-10/h5-7H2,1-4H3. The van der Waals surface area contributed by atoms with Gasteiger partial charge in [-0.2, -0.15) is 0 Å². The molecule has 1 aliphatic rings. The van der Waals surface area contributed by atoms with Crippen molar-refractivity contribution in [3.8, 4) is 0 Å². The summed E-state index contributed by atoms with van der Waals surface area (Å²) in [6, 6.07) is 0. The van der Waals surface area contributed by atoms with Crippen molar-refractivity contribution in [2.75, 3.05) is 0 Å². The van der Waals surface area contributed by atoms with E-state index < -0.39 is 0 Å². The Morgan fingerprint density at radius 1 is 1.21 bits per heavy atom. The van der Waals surface area contributed by atoms with Gasteiger partial charge in [0.05, 0.1) is 11.1 Å². The minimum atomic E-state index is -0.0735. The number of piperidine rings is 1. The fourth-order valence-corrected chi connectivity index (χ4v) is 2.25. The minimum Gasteiger partial charge on any atom is -0.333 e. The molecule has 1 saturated heterocycles. The van der Waals surface area contributed by atoms with Gasteiger partial charge in [-0.3, -0.25) is 0 Å². The van der Waals surface area contributed by atoms with Crippen LogP contribution in [0.25, 0.3) is 10.4 Å². The summed E-state index contributed by atoms with van der Waals surface area (Å²) < 4.78 is 0. The van der Waals surface area contributed by atoms with E-state index in [0.717, 1.165) is 12.8 Å². The van der Waals surface area contributed by atoms with Crippen molar-refractivity contribution in [3.05, 3.63) is 10.4 Å². The Labute approximate surface area is 84.6 Å². The van der Waals surface area contributed by atoms with Crippen LogP contribution in [0.1, 0.15) is 47.0 Å². The van der Waals surface area contributed by atoms with Gasteiger partial charge in [-0.15, -0.1) is 5.06 Å². The third-order valence-corrected chi connectivity index (χ3v) is 2.83. The predicted molar refractivity (Wildman–Crippen MR) is 54.1 cm³/mol. The van der Waals surface area contributed by atoms with E-state index in [0.29, 0.717) is 0 Å². The first-order valence-electron chi connectivity index (χ1n) is 4.92. The van der Waals surface area contributed by atoms with Gasteiger partial charge in [-0.25, -0.2) is 0 Å². The molecular formula is C9H18N4O. The van der Waals surface area contributed by atoms with Crippen LogP contribution >= 0.6 is 0 Å². The summed E-state index contributed by atoms with van der Waals surface area (Å²) in [4.78, 5) is 7.73. The Kier molecular flexibility index (Phi) is 2.92.